The van der Waals surface area contributed by atoms with E-state index in [9.17, 15) is 4.79 Å². The Morgan fingerprint density at radius 1 is 1.36 bits per heavy atom. The number of amides is 1. The highest BCUT2D eigenvalue weighted by molar-refractivity contribution is 9.10. The van der Waals surface area contributed by atoms with Crippen molar-refractivity contribution in [2.24, 2.45) is 5.92 Å². The van der Waals surface area contributed by atoms with Crippen LogP contribution >= 0.6 is 28.3 Å². The smallest absolute Gasteiger partial charge is 0.254 e. The Morgan fingerprint density at radius 3 is 2.60 bits per heavy atom. The largest absolute Gasteiger partial charge is 0.493 e. The average Bonchev–Trinajstić information content (AvgIpc) is 2.60. The zero-order valence-electron chi connectivity index (χ0n) is 15.1. The van der Waals surface area contributed by atoms with E-state index in [0.29, 0.717) is 29.6 Å². The highest BCUT2D eigenvalue weighted by Gasteiger charge is 2.25. The first kappa shape index (κ1) is 22.1. The summed E-state index contributed by atoms with van der Waals surface area (Å²) in [6, 6.07) is 3.60. The molecule has 7 heteroatoms. The summed E-state index contributed by atoms with van der Waals surface area (Å²) >= 11 is 3.51. The molecule has 25 heavy (non-hydrogen) atoms. The fourth-order valence-corrected chi connectivity index (χ4v) is 3.56. The lowest BCUT2D eigenvalue weighted by molar-refractivity contribution is 0.0690. The van der Waals surface area contributed by atoms with E-state index in [-0.39, 0.29) is 18.3 Å². The minimum Gasteiger partial charge on any atom is -0.493 e. The predicted molar refractivity (Wildman–Crippen MR) is 106 cm³/mol. The van der Waals surface area contributed by atoms with E-state index >= 15 is 0 Å². The number of hydrogen-bond donors (Lipinski definition) is 1. The molecule has 1 aromatic carbocycles. The SMILES string of the molecule is CCCOc1c(Br)cc(C(=O)N2CCC(CNC)CC2)cc1OC.Cl. The van der Waals surface area contributed by atoms with Crippen LogP contribution in [0.3, 0.4) is 0 Å². The molecule has 142 valence electrons. The molecular weight excluding hydrogens is 408 g/mol. The maximum absolute atomic E-state index is 12.8. The van der Waals surface area contributed by atoms with Crippen LogP contribution in [0.5, 0.6) is 11.5 Å². The molecule has 0 spiro atoms. The summed E-state index contributed by atoms with van der Waals surface area (Å²) in [5.41, 5.74) is 0.634. The van der Waals surface area contributed by atoms with Crippen LogP contribution in [0.25, 0.3) is 0 Å². The topological polar surface area (TPSA) is 50.8 Å². The molecule has 2 rings (SSSR count). The first-order chi connectivity index (χ1) is 11.6. The number of rotatable bonds is 7. The number of carbonyl (C=O) groups is 1. The molecular formula is C18H28BrClN2O3. The van der Waals surface area contributed by atoms with Crippen LogP contribution in [0.15, 0.2) is 16.6 Å². The van der Waals surface area contributed by atoms with Gasteiger partial charge in [-0.3, -0.25) is 4.79 Å². The third-order valence-electron chi connectivity index (χ3n) is 4.32. The lowest BCUT2D eigenvalue weighted by atomic mass is 9.96. The summed E-state index contributed by atoms with van der Waals surface area (Å²) in [4.78, 5) is 14.7. The van der Waals surface area contributed by atoms with E-state index in [0.717, 1.165) is 43.4 Å². The maximum Gasteiger partial charge on any atom is 0.254 e. The number of likely N-dealkylation sites (tertiary alicyclic amines) is 1. The van der Waals surface area contributed by atoms with Crippen molar-refractivity contribution >= 4 is 34.2 Å². The molecule has 0 saturated carbocycles. The molecule has 0 atom stereocenters. The van der Waals surface area contributed by atoms with Gasteiger partial charge in [-0.1, -0.05) is 6.92 Å². The molecule has 0 aliphatic carbocycles. The Morgan fingerprint density at radius 2 is 2.04 bits per heavy atom. The van der Waals surface area contributed by atoms with E-state index in [4.69, 9.17) is 9.47 Å². The Hall–Kier alpha value is -0.980. The Labute approximate surface area is 165 Å². The standard InChI is InChI=1S/C18H27BrN2O3.ClH/c1-4-9-24-17-15(19)10-14(11-16(17)23-3)18(22)21-7-5-13(6-8-21)12-20-2;/h10-11,13,20H,4-9,12H2,1-3H3;1H. The van der Waals surface area contributed by atoms with Crippen LogP contribution in [0.1, 0.15) is 36.5 Å². The Kier molecular flexibility index (Phi) is 9.61. The molecule has 1 aliphatic heterocycles. The summed E-state index contributed by atoms with van der Waals surface area (Å²) in [5.74, 6) is 1.96. The number of ether oxygens (including phenoxy) is 2. The molecule has 1 aliphatic rings. The second kappa shape index (κ2) is 10.9. The van der Waals surface area contributed by atoms with Crippen molar-refractivity contribution in [2.45, 2.75) is 26.2 Å². The molecule has 0 bridgehead atoms. The van der Waals surface area contributed by atoms with Crippen LogP contribution in [0.4, 0.5) is 0 Å². The number of nitrogens with zero attached hydrogens (tertiary/aromatic N) is 1. The number of piperidine rings is 1. The van der Waals surface area contributed by atoms with Gasteiger partial charge in [-0.15, -0.1) is 12.4 Å². The lowest BCUT2D eigenvalue weighted by Crippen LogP contribution is -2.40. The quantitative estimate of drug-likeness (QED) is 0.709. The second-order valence-electron chi connectivity index (χ2n) is 6.13. The van der Waals surface area contributed by atoms with Gasteiger partial charge in [0.25, 0.3) is 5.91 Å². The number of hydrogen-bond acceptors (Lipinski definition) is 4. The third-order valence-corrected chi connectivity index (χ3v) is 4.91. The summed E-state index contributed by atoms with van der Waals surface area (Å²) in [6.07, 6.45) is 3.00. The first-order valence-electron chi connectivity index (χ1n) is 8.54. The van der Waals surface area contributed by atoms with Gasteiger partial charge >= 0.3 is 0 Å². The van der Waals surface area contributed by atoms with E-state index in [2.05, 4.69) is 28.2 Å². The van der Waals surface area contributed by atoms with Gasteiger partial charge in [0.2, 0.25) is 0 Å². The second-order valence-corrected chi connectivity index (χ2v) is 6.99. The lowest BCUT2D eigenvalue weighted by Gasteiger charge is -2.32. The number of nitrogens with one attached hydrogen (secondary N) is 1. The zero-order valence-corrected chi connectivity index (χ0v) is 17.5. The molecule has 1 fully saturated rings. The summed E-state index contributed by atoms with van der Waals surface area (Å²) < 4.78 is 11.9. The number of halogens is 2. The van der Waals surface area contributed by atoms with Gasteiger partial charge in [0.1, 0.15) is 0 Å². The Balaban J connectivity index is 0.00000312. The van der Waals surface area contributed by atoms with Gasteiger partial charge < -0.3 is 19.7 Å². The van der Waals surface area contributed by atoms with Crippen LogP contribution in [-0.2, 0) is 0 Å². The zero-order chi connectivity index (χ0) is 17.5. The molecule has 1 aromatic rings. The maximum atomic E-state index is 12.8. The van der Waals surface area contributed by atoms with E-state index in [1.165, 1.54) is 0 Å². The van der Waals surface area contributed by atoms with E-state index in [1.54, 1.807) is 13.2 Å². The number of benzene rings is 1. The molecule has 1 amide bonds. The van der Waals surface area contributed by atoms with Crippen molar-refractivity contribution in [3.63, 3.8) is 0 Å². The fraction of sp³-hybridized carbons (Fsp3) is 0.611. The normalized spacial score (nSPS) is 14.8. The van der Waals surface area contributed by atoms with E-state index < -0.39 is 0 Å². The van der Waals surface area contributed by atoms with Gasteiger partial charge in [0.15, 0.2) is 11.5 Å². The van der Waals surface area contributed by atoms with Crippen molar-refractivity contribution in [1.29, 1.82) is 0 Å². The monoisotopic (exact) mass is 434 g/mol. The molecule has 1 N–H and O–H groups in total. The molecule has 1 heterocycles. The molecule has 0 unspecified atom stereocenters. The fourth-order valence-electron chi connectivity index (χ4n) is 3.00. The Bertz CT molecular complexity index is 563. The first-order valence-corrected chi connectivity index (χ1v) is 9.34. The molecule has 0 radical (unpaired) electrons. The molecule has 5 nitrogen and oxygen atoms in total. The highest BCUT2D eigenvalue weighted by atomic mass is 79.9. The van der Waals surface area contributed by atoms with Crippen molar-refractivity contribution in [2.75, 3.05) is 40.4 Å². The predicted octanol–water partition coefficient (Wildman–Crippen LogP) is 3.74. The third kappa shape index (κ3) is 5.76. The van der Waals surface area contributed by atoms with Gasteiger partial charge in [0.05, 0.1) is 18.2 Å². The van der Waals surface area contributed by atoms with Crippen molar-refractivity contribution < 1.29 is 14.3 Å². The summed E-state index contributed by atoms with van der Waals surface area (Å²) in [6.45, 7) is 5.29. The van der Waals surface area contributed by atoms with E-state index in [1.807, 2.05) is 18.0 Å². The number of methoxy groups -OCH3 is 1. The van der Waals surface area contributed by atoms with Crippen LogP contribution in [0.2, 0.25) is 0 Å². The van der Waals surface area contributed by atoms with Crippen molar-refractivity contribution in [3.8, 4) is 11.5 Å². The van der Waals surface area contributed by atoms with Gasteiger partial charge in [-0.25, -0.2) is 0 Å². The van der Waals surface area contributed by atoms with Crippen LogP contribution in [-0.4, -0.2) is 51.2 Å². The van der Waals surface area contributed by atoms with Crippen LogP contribution in [0, 0.1) is 5.92 Å². The highest BCUT2D eigenvalue weighted by Crippen LogP contribution is 2.37. The van der Waals surface area contributed by atoms with Gasteiger partial charge in [-0.05, 0) is 66.8 Å². The summed E-state index contributed by atoms with van der Waals surface area (Å²) in [5, 5.41) is 3.22. The van der Waals surface area contributed by atoms with Crippen LogP contribution < -0.4 is 14.8 Å². The molecule has 1 saturated heterocycles. The minimum absolute atomic E-state index is 0. The minimum atomic E-state index is 0. The van der Waals surface area contributed by atoms with Gasteiger partial charge in [-0.2, -0.15) is 0 Å². The molecule has 0 aromatic heterocycles. The summed E-state index contributed by atoms with van der Waals surface area (Å²) in [7, 11) is 3.57. The number of carbonyl (C=O) groups excluding carboxylic acids is 1. The van der Waals surface area contributed by atoms with Crippen molar-refractivity contribution in [3.05, 3.63) is 22.2 Å². The van der Waals surface area contributed by atoms with Crippen molar-refractivity contribution in [1.82, 2.24) is 10.2 Å². The van der Waals surface area contributed by atoms with Gasteiger partial charge in [0, 0.05) is 18.7 Å². The average molecular weight is 436 g/mol.